The second-order valence-electron chi connectivity index (χ2n) is 7.28. The van der Waals surface area contributed by atoms with Gasteiger partial charge in [-0.3, -0.25) is 4.79 Å². The van der Waals surface area contributed by atoms with E-state index in [0.717, 1.165) is 17.4 Å². The van der Waals surface area contributed by atoms with Crippen LogP contribution in [0.3, 0.4) is 0 Å². The van der Waals surface area contributed by atoms with Crippen LogP contribution in [0.4, 0.5) is 0 Å². The van der Waals surface area contributed by atoms with Crippen molar-refractivity contribution in [3.8, 4) is 17.2 Å². The summed E-state index contributed by atoms with van der Waals surface area (Å²) in [5.41, 5.74) is 1.65. The Labute approximate surface area is 209 Å². The van der Waals surface area contributed by atoms with Crippen LogP contribution in [0.15, 0.2) is 65.1 Å². The van der Waals surface area contributed by atoms with Gasteiger partial charge in [0.25, 0.3) is 0 Å². The lowest BCUT2D eigenvalue weighted by Gasteiger charge is -2.09. The maximum Gasteiger partial charge on any atom is 0.243 e. The lowest BCUT2D eigenvalue weighted by molar-refractivity contribution is -0.116. The number of para-hydroxylation sites is 1. The minimum atomic E-state index is -0.222. The molecule has 3 aromatic rings. The van der Waals surface area contributed by atoms with E-state index in [2.05, 4.69) is 5.32 Å². The molecule has 0 bridgehead atoms. The molecule has 1 heterocycles. The van der Waals surface area contributed by atoms with Crippen LogP contribution >= 0.6 is 23.2 Å². The van der Waals surface area contributed by atoms with Gasteiger partial charge in [-0.2, -0.15) is 0 Å². The predicted octanol–water partition coefficient (Wildman–Crippen LogP) is 5.95. The molecule has 1 N–H and O–H groups in total. The standard InChI is InChI=1S/C26H27Cl2NO5/c1-31-21-11-10-18(16-24(21)32-2)12-14-29-25(30)9-4-7-20(28)23-17-19-6-3-8-22(26(19)34-23)33-15-5-13-27/h3-4,6-11,16-17H,5,12-15H2,1-2H3,(H,29,30)/b9-4+,20-7-. The van der Waals surface area contributed by atoms with Crippen LogP contribution in [0, 0.1) is 0 Å². The summed E-state index contributed by atoms with van der Waals surface area (Å²) in [6, 6.07) is 13.2. The number of hydrogen-bond donors (Lipinski definition) is 1. The Kier molecular flexibility index (Phi) is 9.74. The lowest BCUT2D eigenvalue weighted by atomic mass is 10.1. The highest BCUT2D eigenvalue weighted by molar-refractivity contribution is 6.48. The molecule has 0 spiro atoms. The van der Waals surface area contributed by atoms with E-state index < -0.39 is 0 Å². The van der Waals surface area contributed by atoms with E-state index >= 15 is 0 Å². The van der Waals surface area contributed by atoms with Crippen LogP contribution in [-0.2, 0) is 11.2 Å². The zero-order valence-electron chi connectivity index (χ0n) is 19.1. The van der Waals surface area contributed by atoms with Crippen molar-refractivity contribution in [2.24, 2.45) is 0 Å². The first kappa shape index (κ1) is 25.5. The summed E-state index contributed by atoms with van der Waals surface area (Å²) < 4.78 is 22.2. The van der Waals surface area contributed by atoms with Gasteiger partial charge >= 0.3 is 0 Å². The van der Waals surface area contributed by atoms with Crippen molar-refractivity contribution in [2.45, 2.75) is 12.8 Å². The Hall–Kier alpha value is -3.09. The molecule has 0 fully saturated rings. The molecular weight excluding hydrogens is 477 g/mol. The minimum Gasteiger partial charge on any atom is -0.493 e. The molecule has 0 radical (unpaired) electrons. The van der Waals surface area contributed by atoms with E-state index in [0.29, 0.717) is 59.1 Å². The molecule has 0 aliphatic carbocycles. The van der Waals surface area contributed by atoms with Crippen LogP contribution in [0.1, 0.15) is 17.7 Å². The first-order chi connectivity index (χ1) is 16.5. The number of nitrogens with one attached hydrogen (secondary N) is 1. The van der Waals surface area contributed by atoms with Gasteiger partial charge in [0.1, 0.15) is 5.76 Å². The van der Waals surface area contributed by atoms with Crippen LogP contribution < -0.4 is 19.5 Å². The second-order valence-corrected chi connectivity index (χ2v) is 8.07. The van der Waals surface area contributed by atoms with Crippen molar-refractivity contribution >= 4 is 45.1 Å². The summed E-state index contributed by atoms with van der Waals surface area (Å²) in [6.07, 6.45) is 6.01. The van der Waals surface area contributed by atoms with Gasteiger partial charge in [-0.25, -0.2) is 0 Å². The zero-order valence-corrected chi connectivity index (χ0v) is 20.6. The topological polar surface area (TPSA) is 69.9 Å². The predicted molar refractivity (Wildman–Crippen MR) is 136 cm³/mol. The lowest BCUT2D eigenvalue weighted by Crippen LogP contribution is -2.23. The number of hydrogen-bond acceptors (Lipinski definition) is 5. The monoisotopic (exact) mass is 503 g/mol. The number of alkyl halides is 1. The van der Waals surface area contributed by atoms with E-state index in [1.807, 2.05) is 42.5 Å². The first-order valence-corrected chi connectivity index (χ1v) is 11.7. The number of halogens is 2. The van der Waals surface area contributed by atoms with Gasteiger partial charge in [0, 0.05) is 23.9 Å². The molecule has 3 rings (SSSR count). The summed E-state index contributed by atoms with van der Waals surface area (Å²) in [6.45, 7) is 0.984. The fourth-order valence-corrected chi connectivity index (χ4v) is 3.51. The molecule has 6 nitrogen and oxygen atoms in total. The summed E-state index contributed by atoms with van der Waals surface area (Å²) in [5, 5.41) is 4.09. The third kappa shape index (κ3) is 6.95. The molecule has 1 amide bonds. The average molecular weight is 504 g/mol. The first-order valence-electron chi connectivity index (χ1n) is 10.8. The Balaban J connectivity index is 1.55. The number of amides is 1. The van der Waals surface area contributed by atoms with Gasteiger partial charge in [0.2, 0.25) is 5.91 Å². The number of furan rings is 1. The van der Waals surface area contributed by atoms with E-state index in [1.165, 1.54) is 6.08 Å². The number of fused-ring (bicyclic) bond motifs is 1. The van der Waals surface area contributed by atoms with Crippen LogP contribution in [0.2, 0.25) is 0 Å². The molecule has 0 saturated carbocycles. The minimum absolute atomic E-state index is 0.222. The van der Waals surface area contributed by atoms with Crippen molar-refractivity contribution < 1.29 is 23.4 Å². The van der Waals surface area contributed by atoms with E-state index in [1.54, 1.807) is 26.4 Å². The van der Waals surface area contributed by atoms with E-state index in [-0.39, 0.29) is 5.91 Å². The number of methoxy groups -OCH3 is 2. The van der Waals surface area contributed by atoms with Gasteiger partial charge in [0.15, 0.2) is 22.8 Å². The van der Waals surface area contributed by atoms with Crippen molar-refractivity contribution in [3.63, 3.8) is 0 Å². The van der Waals surface area contributed by atoms with E-state index in [9.17, 15) is 4.79 Å². The van der Waals surface area contributed by atoms with Crippen molar-refractivity contribution in [1.82, 2.24) is 5.32 Å². The maximum atomic E-state index is 12.1. The number of carbonyl (C=O) groups excluding carboxylic acids is 1. The normalized spacial score (nSPS) is 11.7. The Morgan fingerprint density at radius 1 is 1.09 bits per heavy atom. The summed E-state index contributed by atoms with van der Waals surface area (Å²) in [7, 11) is 3.18. The largest absolute Gasteiger partial charge is 0.493 e. The molecule has 8 heteroatoms. The number of allylic oxidation sites excluding steroid dienone is 2. The fraction of sp³-hybridized carbons (Fsp3) is 0.269. The SMILES string of the molecule is COc1ccc(CCNC(=O)/C=C/C=C(\Cl)c2cc3cccc(OCCCCl)c3o2)cc1OC. The zero-order chi connectivity index (χ0) is 24.3. The third-order valence-electron chi connectivity index (χ3n) is 4.93. The van der Waals surface area contributed by atoms with Crippen molar-refractivity contribution in [2.75, 3.05) is 33.3 Å². The Morgan fingerprint density at radius 3 is 2.68 bits per heavy atom. The molecule has 2 aromatic carbocycles. The van der Waals surface area contributed by atoms with Crippen molar-refractivity contribution in [3.05, 3.63) is 72.0 Å². The average Bonchev–Trinajstić information content (AvgIpc) is 3.29. The number of benzene rings is 2. The van der Waals surface area contributed by atoms with Crippen molar-refractivity contribution in [1.29, 1.82) is 0 Å². The highest BCUT2D eigenvalue weighted by Crippen LogP contribution is 2.33. The van der Waals surface area contributed by atoms with Crippen LogP contribution in [0.5, 0.6) is 17.2 Å². The molecule has 0 aliphatic heterocycles. The molecule has 0 aliphatic rings. The third-order valence-corrected chi connectivity index (χ3v) is 5.51. The van der Waals surface area contributed by atoms with Gasteiger partial charge in [-0.15, -0.1) is 11.6 Å². The van der Waals surface area contributed by atoms with Gasteiger partial charge in [0.05, 0.1) is 25.9 Å². The van der Waals surface area contributed by atoms with E-state index in [4.69, 9.17) is 41.8 Å². The van der Waals surface area contributed by atoms with Crippen LogP contribution in [0.25, 0.3) is 16.0 Å². The summed E-state index contributed by atoms with van der Waals surface area (Å²) >= 11 is 12.1. The van der Waals surface area contributed by atoms with Gasteiger partial charge < -0.3 is 23.9 Å². The molecule has 180 valence electrons. The highest BCUT2D eigenvalue weighted by Gasteiger charge is 2.11. The molecule has 0 saturated heterocycles. The quantitative estimate of drug-likeness (QED) is 0.143. The van der Waals surface area contributed by atoms with Gasteiger partial charge in [-0.1, -0.05) is 35.9 Å². The maximum absolute atomic E-state index is 12.1. The number of rotatable bonds is 12. The van der Waals surface area contributed by atoms with Gasteiger partial charge in [-0.05, 0) is 48.7 Å². The fourth-order valence-electron chi connectivity index (χ4n) is 3.23. The second kappa shape index (κ2) is 13.0. The number of carbonyl (C=O) groups is 1. The summed E-state index contributed by atoms with van der Waals surface area (Å²) in [5.74, 6) is 2.77. The Bertz CT molecular complexity index is 1170. The molecular formula is C26H27Cl2NO5. The number of ether oxygens (including phenoxy) is 3. The summed E-state index contributed by atoms with van der Waals surface area (Å²) in [4.78, 5) is 12.1. The highest BCUT2D eigenvalue weighted by atomic mass is 35.5. The molecule has 1 aromatic heterocycles. The Morgan fingerprint density at radius 2 is 1.91 bits per heavy atom. The molecule has 0 unspecified atom stereocenters. The van der Waals surface area contributed by atoms with Crippen LogP contribution in [-0.4, -0.2) is 39.2 Å². The smallest absolute Gasteiger partial charge is 0.243 e. The molecule has 0 atom stereocenters. The molecule has 34 heavy (non-hydrogen) atoms.